The van der Waals surface area contributed by atoms with E-state index in [-0.39, 0.29) is 20.5 Å². The second-order valence-electron chi connectivity index (χ2n) is 6.42. The first kappa shape index (κ1) is 23.1. The Hall–Kier alpha value is -2.21. The molecule has 1 atom stereocenters. The first-order valence-corrected chi connectivity index (χ1v) is 9.62. The monoisotopic (exact) mass is 434 g/mol. The Morgan fingerprint density at radius 2 is 1.38 bits per heavy atom. The number of carbonyl (C=O) groups is 1. The summed E-state index contributed by atoms with van der Waals surface area (Å²) in [6.45, 7) is 0. The Balaban J connectivity index is 2.12. The van der Waals surface area contributed by atoms with Gasteiger partial charge in [-0.05, 0) is 30.5 Å². The molecule has 2 aromatic rings. The van der Waals surface area contributed by atoms with Crippen LogP contribution in [0.4, 0.5) is 26.3 Å². The maximum absolute atomic E-state index is 13.1. The van der Waals surface area contributed by atoms with Gasteiger partial charge in [0.05, 0.1) is 16.8 Å². The van der Waals surface area contributed by atoms with Crippen molar-refractivity contribution in [2.75, 3.05) is 0 Å². The Morgan fingerprint density at radius 1 is 0.828 bits per heavy atom. The highest BCUT2D eigenvalue weighted by molar-refractivity contribution is 7.24. The standard InChI is InChI=1S/C20H17F6O2P/c21-19(22,23)14-9-6-10-15(20(24,25)26)18(14)16(27)11-4-5-12-17(29-28)13-7-2-1-3-8-13/h1-3,6-10,17H,4-5,11-12H2. The predicted molar refractivity (Wildman–Crippen MR) is 96.0 cm³/mol. The maximum Gasteiger partial charge on any atom is 0.417 e. The number of benzene rings is 2. The molecule has 0 heterocycles. The highest BCUT2D eigenvalue weighted by atomic mass is 31.1. The Labute approximate surface area is 165 Å². The lowest BCUT2D eigenvalue weighted by molar-refractivity contribution is -0.143. The van der Waals surface area contributed by atoms with Crippen molar-refractivity contribution >= 4 is 14.2 Å². The van der Waals surface area contributed by atoms with Crippen LogP contribution in [0.5, 0.6) is 0 Å². The van der Waals surface area contributed by atoms with Gasteiger partial charge in [-0.15, -0.1) is 0 Å². The SMILES string of the molecule is O=PC(CCCCC(=O)c1c(C(F)(F)F)cccc1C(F)(F)F)c1ccccc1. The average Bonchev–Trinajstić information content (AvgIpc) is 2.66. The summed E-state index contributed by atoms with van der Waals surface area (Å²) in [7, 11) is -0.145. The summed E-state index contributed by atoms with van der Waals surface area (Å²) in [4.78, 5) is 12.3. The van der Waals surface area contributed by atoms with Crippen molar-refractivity contribution in [1.82, 2.24) is 0 Å². The molecule has 0 aliphatic carbocycles. The first-order valence-electron chi connectivity index (χ1n) is 8.73. The third kappa shape index (κ3) is 6.13. The zero-order valence-electron chi connectivity index (χ0n) is 15.1. The average molecular weight is 434 g/mol. The molecular weight excluding hydrogens is 417 g/mol. The van der Waals surface area contributed by atoms with Crippen LogP contribution in [0.2, 0.25) is 0 Å². The molecule has 9 heteroatoms. The van der Waals surface area contributed by atoms with E-state index >= 15 is 0 Å². The summed E-state index contributed by atoms with van der Waals surface area (Å²) in [5.41, 5.74) is -4.05. The lowest BCUT2D eigenvalue weighted by Gasteiger charge is -2.18. The summed E-state index contributed by atoms with van der Waals surface area (Å²) in [6, 6.07) is 10.5. The minimum absolute atomic E-state index is 0.0845. The maximum atomic E-state index is 13.1. The third-order valence-corrected chi connectivity index (χ3v) is 5.21. The first-order chi connectivity index (χ1) is 13.6. The van der Waals surface area contributed by atoms with Crippen LogP contribution in [0.1, 0.15) is 58.4 Å². The molecule has 0 fully saturated rings. The number of halogens is 6. The second-order valence-corrected chi connectivity index (χ2v) is 7.26. The van der Waals surface area contributed by atoms with Gasteiger partial charge >= 0.3 is 12.4 Å². The van der Waals surface area contributed by atoms with E-state index in [1.807, 2.05) is 0 Å². The van der Waals surface area contributed by atoms with Crippen LogP contribution in [0.3, 0.4) is 0 Å². The number of Topliss-reactive ketones (excluding diaryl/α,β-unsaturated/α-hetero) is 1. The predicted octanol–water partition coefficient (Wildman–Crippen LogP) is 7.50. The molecule has 2 nitrogen and oxygen atoms in total. The Kier molecular flexibility index (Phi) is 7.58. The van der Waals surface area contributed by atoms with E-state index in [0.717, 1.165) is 5.56 Å². The number of unbranched alkanes of at least 4 members (excludes halogenated alkanes) is 1. The number of carbonyl (C=O) groups excluding carboxylic acids is 1. The van der Waals surface area contributed by atoms with Crippen LogP contribution in [-0.2, 0) is 16.9 Å². The molecule has 0 amide bonds. The summed E-state index contributed by atoms with van der Waals surface area (Å²) in [5, 5.41) is 0. The van der Waals surface area contributed by atoms with E-state index in [1.54, 1.807) is 30.3 Å². The van der Waals surface area contributed by atoms with E-state index < -0.39 is 41.2 Å². The van der Waals surface area contributed by atoms with Crippen molar-refractivity contribution in [2.45, 2.75) is 43.7 Å². The molecule has 2 rings (SSSR count). The van der Waals surface area contributed by atoms with Gasteiger partial charge in [0.2, 0.25) is 0 Å². The molecule has 1 unspecified atom stereocenters. The van der Waals surface area contributed by atoms with E-state index in [1.165, 1.54) is 0 Å². The smallest absolute Gasteiger partial charge is 0.294 e. The van der Waals surface area contributed by atoms with Gasteiger partial charge in [0.25, 0.3) is 0 Å². The Morgan fingerprint density at radius 3 is 1.86 bits per heavy atom. The molecule has 156 valence electrons. The van der Waals surface area contributed by atoms with Crippen molar-refractivity contribution in [3.8, 4) is 0 Å². The summed E-state index contributed by atoms with van der Waals surface area (Å²) < 4.78 is 90.2. The van der Waals surface area contributed by atoms with Gasteiger partial charge in [-0.3, -0.25) is 9.36 Å². The zero-order chi connectivity index (χ0) is 21.7. The fraction of sp³-hybridized carbons (Fsp3) is 0.350. The van der Waals surface area contributed by atoms with E-state index in [9.17, 15) is 35.7 Å². The van der Waals surface area contributed by atoms with E-state index in [0.29, 0.717) is 31.0 Å². The van der Waals surface area contributed by atoms with Gasteiger partial charge in [0.1, 0.15) is 0 Å². The van der Waals surface area contributed by atoms with Crippen LogP contribution < -0.4 is 0 Å². The number of rotatable bonds is 8. The fourth-order valence-electron chi connectivity index (χ4n) is 3.03. The molecule has 0 saturated heterocycles. The number of ketones is 1. The van der Waals surface area contributed by atoms with Crippen LogP contribution in [0, 0.1) is 0 Å². The highest BCUT2D eigenvalue weighted by Gasteiger charge is 2.42. The normalized spacial score (nSPS) is 13.4. The summed E-state index contributed by atoms with van der Waals surface area (Å²) in [6.07, 6.45) is -9.82. The lowest BCUT2D eigenvalue weighted by atomic mass is 9.93. The van der Waals surface area contributed by atoms with E-state index in [4.69, 9.17) is 0 Å². The van der Waals surface area contributed by atoms with Crippen molar-refractivity contribution in [1.29, 1.82) is 0 Å². The Bertz CT molecular complexity index is 814. The molecular formula is C20H17F6O2P. The van der Waals surface area contributed by atoms with Crippen LogP contribution in [0.15, 0.2) is 48.5 Å². The van der Waals surface area contributed by atoms with Gasteiger partial charge in [-0.2, -0.15) is 26.3 Å². The quantitative estimate of drug-likeness (QED) is 0.187. The lowest BCUT2D eigenvalue weighted by Crippen LogP contribution is -2.20. The summed E-state index contributed by atoms with van der Waals surface area (Å²) >= 11 is 0. The topological polar surface area (TPSA) is 34.1 Å². The van der Waals surface area contributed by atoms with Crippen LogP contribution in [-0.4, -0.2) is 5.78 Å². The molecule has 0 aromatic heterocycles. The van der Waals surface area contributed by atoms with Crippen molar-refractivity contribution < 1.29 is 35.7 Å². The van der Waals surface area contributed by atoms with E-state index in [2.05, 4.69) is 0 Å². The molecule has 0 radical (unpaired) electrons. The number of hydrogen-bond acceptors (Lipinski definition) is 2. The molecule has 2 aromatic carbocycles. The minimum Gasteiger partial charge on any atom is -0.294 e. The second kappa shape index (κ2) is 9.53. The minimum atomic E-state index is -5.08. The van der Waals surface area contributed by atoms with Crippen LogP contribution in [0.25, 0.3) is 0 Å². The molecule has 29 heavy (non-hydrogen) atoms. The van der Waals surface area contributed by atoms with Crippen molar-refractivity contribution in [3.05, 3.63) is 70.8 Å². The fourth-order valence-corrected chi connectivity index (χ4v) is 3.61. The molecule has 0 spiro atoms. The number of alkyl halides is 6. The molecule has 0 aliphatic heterocycles. The van der Waals surface area contributed by atoms with Crippen LogP contribution >= 0.6 is 8.46 Å². The van der Waals surface area contributed by atoms with Crippen molar-refractivity contribution in [2.24, 2.45) is 0 Å². The summed E-state index contributed by atoms with van der Waals surface area (Å²) in [5.74, 6) is -1.21. The van der Waals surface area contributed by atoms with Gasteiger partial charge in [0.15, 0.2) is 14.2 Å². The van der Waals surface area contributed by atoms with Crippen molar-refractivity contribution in [3.63, 3.8) is 0 Å². The number of hydrogen-bond donors (Lipinski definition) is 0. The molecule has 0 bridgehead atoms. The zero-order valence-corrected chi connectivity index (χ0v) is 16.0. The molecule has 0 saturated carbocycles. The van der Waals surface area contributed by atoms with Gasteiger partial charge in [-0.25, -0.2) is 0 Å². The van der Waals surface area contributed by atoms with Gasteiger partial charge in [0, 0.05) is 12.0 Å². The van der Waals surface area contributed by atoms with Gasteiger partial charge < -0.3 is 0 Å². The van der Waals surface area contributed by atoms with Gasteiger partial charge in [-0.1, -0.05) is 42.8 Å². The highest BCUT2D eigenvalue weighted by Crippen LogP contribution is 2.40. The largest absolute Gasteiger partial charge is 0.417 e. The third-order valence-electron chi connectivity index (χ3n) is 4.40. The molecule has 0 aliphatic rings. The molecule has 0 N–H and O–H groups in total.